The minimum Gasteiger partial charge on any atom is -0.399 e. The summed E-state index contributed by atoms with van der Waals surface area (Å²) in [5.41, 5.74) is 7.72. The van der Waals surface area contributed by atoms with Crippen LogP contribution in [0.4, 0.5) is 5.69 Å². The van der Waals surface area contributed by atoms with Crippen LogP contribution in [0.2, 0.25) is 0 Å². The third kappa shape index (κ3) is 5.25. The molecule has 14 heavy (non-hydrogen) atoms. The maximum atomic E-state index is 5.69. The topological polar surface area (TPSA) is 29.3 Å². The molecule has 2 N–H and O–H groups in total. The predicted octanol–water partition coefficient (Wildman–Crippen LogP) is 3.12. The van der Waals surface area contributed by atoms with Crippen LogP contribution < -0.4 is 5.73 Å². The standard InChI is InChI=1S/C9H13BrN2.C2H6/c1-12(2)6-7-3-8(10)5-9(11)4-7;1-2/h3-5H,6,11H2,1-2H3;1-2H3. The Morgan fingerprint density at radius 3 is 2.21 bits per heavy atom. The van der Waals surface area contributed by atoms with Crippen LogP contribution in [0.25, 0.3) is 0 Å². The Kier molecular flexibility index (Phi) is 6.58. The third-order valence-electron chi connectivity index (χ3n) is 1.48. The van der Waals surface area contributed by atoms with Crippen molar-refractivity contribution in [3.05, 3.63) is 28.2 Å². The van der Waals surface area contributed by atoms with Crippen LogP contribution in [0, 0.1) is 0 Å². The summed E-state index contributed by atoms with van der Waals surface area (Å²) in [5.74, 6) is 0. The largest absolute Gasteiger partial charge is 0.399 e. The van der Waals surface area contributed by atoms with Crippen molar-refractivity contribution in [1.29, 1.82) is 0 Å². The van der Waals surface area contributed by atoms with Gasteiger partial charge in [0.25, 0.3) is 0 Å². The van der Waals surface area contributed by atoms with Crippen LogP contribution in [-0.2, 0) is 6.54 Å². The minimum atomic E-state index is 0.807. The number of rotatable bonds is 2. The molecule has 80 valence electrons. The van der Waals surface area contributed by atoms with Crippen molar-refractivity contribution >= 4 is 21.6 Å². The quantitative estimate of drug-likeness (QED) is 0.827. The van der Waals surface area contributed by atoms with Gasteiger partial charge in [0.15, 0.2) is 0 Å². The molecule has 1 rings (SSSR count). The van der Waals surface area contributed by atoms with E-state index in [2.05, 4.69) is 26.9 Å². The highest BCUT2D eigenvalue weighted by Gasteiger charge is 1.97. The van der Waals surface area contributed by atoms with Gasteiger partial charge in [-0.3, -0.25) is 0 Å². The van der Waals surface area contributed by atoms with Crippen molar-refractivity contribution in [2.45, 2.75) is 20.4 Å². The molecule has 0 aromatic heterocycles. The average Bonchev–Trinajstić information content (AvgIpc) is 2.04. The maximum absolute atomic E-state index is 5.69. The van der Waals surface area contributed by atoms with E-state index in [0.29, 0.717) is 0 Å². The Hall–Kier alpha value is -0.540. The molecular weight excluding hydrogens is 240 g/mol. The van der Waals surface area contributed by atoms with E-state index in [1.807, 2.05) is 40.1 Å². The Morgan fingerprint density at radius 2 is 1.79 bits per heavy atom. The van der Waals surface area contributed by atoms with Crippen molar-refractivity contribution in [2.75, 3.05) is 19.8 Å². The van der Waals surface area contributed by atoms with Gasteiger partial charge in [0, 0.05) is 16.7 Å². The molecule has 1 aromatic rings. The molecular formula is C11H19BrN2. The molecule has 0 radical (unpaired) electrons. The number of halogens is 1. The molecule has 0 saturated heterocycles. The molecule has 0 bridgehead atoms. The smallest absolute Gasteiger partial charge is 0.0328 e. The highest BCUT2D eigenvalue weighted by atomic mass is 79.9. The first-order valence-electron chi connectivity index (χ1n) is 4.77. The number of hydrogen-bond donors (Lipinski definition) is 1. The Balaban J connectivity index is 0.000000791. The van der Waals surface area contributed by atoms with Crippen molar-refractivity contribution in [3.63, 3.8) is 0 Å². The summed E-state index contributed by atoms with van der Waals surface area (Å²) in [6.45, 7) is 4.92. The van der Waals surface area contributed by atoms with Crippen LogP contribution in [0.15, 0.2) is 22.7 Å². The lowest BCUT2D eigenvalue weighted by Crippen LogP contribution is -2.10. The molecule has 2 nitrogen and oxygen atoms in total. The number of nitrogen functional groups attached to an aromatic ring is 1. The molecule has 0 aliphatic heterocycles. The molecule has 0 fully saturated rings. The number of nitrogens with two attached hydrogens (primary N) is 1. The van der Waals surface area contributed by atoms with E-state index in [1.54, 1.807) is 0 Å². The lowest BCUT2D eigenvalue weighted by Gasteiger charge is -2.10. The van der Waals surface area contributed by atoms with Gasteiger partial charge in [-0.15, -0.1) is 0 Å². The SMILES string of the molecule is CC.CN(C)Cc1cc(N)cc(Br)c1. The van der Waals surface area contributed by atoms with E-state index < -0.39 is 0 Å². The van der Waals surface area contributed by atoms with E-state index in [9.17, 15) is 0 Å². The number of anilines is 1. The van der Waals surface area contributed by atoms with Gasteiger partial charge >= 0.3 is 0 Å². The van der Waals surface area contributed by atoms with Gasteiger partial charge in [-0.2, -0.15) is 0 Å². The van der Waals surface area contributed by atoms with Crippen LogP contribution in [-0.4, -0.2) is 19.0 Å². The summed E-state index contributed by atoms with van der Waals surface area (Å²) in [6, 6.07) is 5.97. The van der Waals surface area contributed by atoms with Crippen molar-refractivity contribution in [1.82, 2.24) is 4.90 Å². The summed E-state index contributed by atoms with van der Waals surface area (Å²) < 4.78 is 1.04. The summed E-state index contributed by atoms with van der Waals surface area (Å²) >= 11 is 3.40. The molecule has 0 unspecified atom stereocenters. The van der Waals surface area contributed by atoms with Gasteiger partial charge in [-0.05, 0) is 37.9 Å². The lowest BCUT2D eigenvalue weighted by molar-refractivity contribution is 0.402. The summed E-state index contributed by atoms with van der Waals surface area (Å²) in [4.78, 5) is 2.11. The molecule has 0 aliphatic carbocycles. The fraction of sp³-hybridized carbons (Fsp3) is 0.455. The maximum Gasteiger partial charge on any atom is 0.0328 e. The van der Waals surface area contributed by atoms with E-state index >= 15 is 0 Å². The van der Waals surface area contributed by atoms with Crippen LogP contribution in [0.3, 0.4) is 0 Å². The van der Waals surface area contributed by atoms with Gasteiger partial charge < -0.3 is 10.6 Å². The fourth-order valence-corrected chi connectivity index (χ4v) is 1.69. The Bertz CT molecular complexity index is 252. The van der Waals surface area contributed by atoms with Crippen LogP contribution in [0.5, 0.6) is 0 Å². The van der Waals surface area contributed by atoms with E-state index in [-0.39, 0.29) is 0 Å². The zero-order valence-electron chi connectivity index (χ0n) is 9.34. The second-order valence-corrected chi connectivity index (χ2v) is 4.05. The number of hydrogen-bond acceptors (Lipinski definition) is 2. The Morgan fingerprint density at radius 1 is 1.21 bits per heavy atom. The third-order valence-corrected chi connectivity index (χ3v) is 1.94. The van der Waals surface area contributed by atoms with Gasteiger partial charge in [0.2, 0.25) is 0 Å². The highest BCUT2D eigenvalue weighted by molar-refractivity contribution is 9.10. The zero-order chi connectivity index (χ0) is 11.1. The molecule has 0 atom stereocenters. The van der Waals surface area contributed by atoms with Crippen LogP contribution >= 0.6 is 15.9 Å². The van der Waals surface area contributed by atoms with Crippen molar-refractivity contribution in [3.8, 4) is 0 Å². The van der Waals surface area contributed by atoms with Crippen molar-refractivity contribution < 1.29 is 0 Å². The summed E-state index contributed by atoms with van der Waals surface area (Å²) in [6.07, 6.45) is 0. The summed E-state index contributed by atoms with van der Waals surface area (Å²) in [5, 5.41) is 0. The molecule has 3 heteroatoms. The first-order chi connectivity index (χ1) is 6.58. The molecule has 0 saturated carbocycles. The Labute approximate surface area is 95.2 Å². The van der Waals surface area contributed by atoms with Crippen molar-refractivity contribution in [2.24, 2.45) is 0 Å². The predicted molar refractivity (Wildman–Crippen MR) is 67.3 cm³/mol. The second kappa shape index (κ2) is 6.85. The monoisotopic (exact) mass is 258 g/mol. The second-order valence-electron chi connectivity index (χ2n) is 3.13. The number of benzene rings is 1. The zero-order valence-corrected chi connectivity index (χ0v) is 10.9. The van der Waals surface area contributed by atoms with Gasteiger partial charge in [-0.25, -0.2) is 0 Å². The number of nitrogens with zero attached hydrogens (tertiary/aromatic N) is 1. The van der Waals surface area contributed by atoms with Gasteiger partial charge in [0.05, 0.1) is 0 Å². The van der Waals surface area contributed by atoms with E-state index in [0.717, 1.165) is 16.7 Å². The summed E-state index contributed by atoms with van der Waals surface area (Å²) in [7, 11) is 4.08. The normalized spacial score (nSPS) is 9.57. The minimum absolute atomic E-state index is 0.807. The molecule has 1 aromatic carbocycles. The fourth-order valence-electron chi connectivity index (χ4n) is 1.13. The molecule has 0 amide bonds. The average molecular weight is 259 g/mol. The first kappa shape index (κ1) is 13.5. The lowest BCUT2D eigenvalue weighted by atomic mass is 10.2. The molecule has 0 heterocycles. The molecule has 0 aliphatic rings. The van der Waals surface area contributed by atoms with E-state index in [4.69, 9.17) is 5.73 Å². The highest BCUT2D eigenvalue weighted by Crippen LogP contribution is 2.17. The first-order valence-corrected chi connectivity index (χ1v) is 5.57. The van der Waals surface area contributed by atoms with Gasteiger partial charge in [0.1, 0.15) is 0 Å². The molecule has 0 spiro atoms. The van der Waals surface area contributed by atoms with Crippen LogP contribution in [0.1, 0.15) is 19.4 Å². The van der Waals surface area contributed by atoms with E-state index in [1.165, 1.54) is 5.56 Å². The van der Waals surface area contributed by atoms with Gasteiger partial charge in [-0.1, -0.05) is 29.8 Å².